The van der Waals surface area contributed by atoms with E-state index in [9.17, 15) is 9.59 Å². The number of ether oxygens (including phenoxy) is 1. The Kier molecular flexibility index (Phi) is 7.23. The molecule has 2 aromatic rings. The molecule has 0 spiro atoms. The van der Waals surface area contributed by atoms with Crippen molar-refractivity contribution in [2.45, 2.75) is 62.9 Å². The third-order valence-electron chi connectivity index (χ3n) is 7.50. The molecule has 6 N–H and O–H groups in total. The quantitative estimate of drug-likeness (QED) is 0.340. The molecule has 2 aliphatic heterocycles. The highest BCUT2D eigenvalue weighted by Crippen LogP contribution is 2.42. The molecule has 4 rings (SSSR count). The molecule has 0 saturated carbocycles. The van der Waals surface area contributed by atoms with Gasteiger partial charge in [0, 0.05) is 25.6 Å². The highest BCUT2D eigenvalue weighted by atomic mass is 16.5. The minimum Gasteiger partial charge on any atom is -0.384 e. The van der Waals surface area contributed by atoms with Gasteiger partial charge in [-0.05, 0) is 29.9 Å². The molecule has 186 valence electrons. The van der Waals surface area contributed by atoms with Crippen molar-refractivity contribution in [1.82, 2.24) is 10.2 Å². The van der Waals surface area contributed by atoms with Gasteiger partial charge in [0.25, 0.3) is 0 Å². The average Bonchev–Trinajstić information content (AvgIpc) is 3.26. The molecule has 2 aromatic carbocycles. The lowest BCUT2D eigenvalue weighted by molar-refractivity contribution is -0.157. The Morgan fingerprint density at radius 1 is 1.17 bits per heavy atom. The number of nitrogen functional groups attached to an aromatic ring is 1. The molecule has 2 amide bonds. The number of nitrogens with two attached hydrogens (primary N) is 2. The number of carbonyl (C=O) groups is 2. The molecule has 2 saturated heterocycles. The highest BCUT2D eigenvalue weighted by molar-refractivity contribution is 5.95. The minimum absolute atomic E-state index is 0.000249. The largest absolute Gasteiger partial charge is 0.384 e. The second-order valence-corrected chi connectivity index (χ2v) is 9.75. The lowest BCUT2D eigenvalue weighted by Crippen LogP contribution is -2.69. The average molecular weight is 478 g/mol. The Bertz CT molecular complexity index is 1070. The summed E-state index contributed by atoms with van der Waals surface area (Å²) >= 11 is 0. The Morgan fingerprint density at radius 3 is 2.46 bits per heavy atom. The van der Waals surface area contributed by atoms with Crippen molar-refractivity contribution >= 4 is 17.6 Å². The zero-order chi connectivity index (χ0) is 25.2. The van der Waals surface area contributed by atoms with Gasteiger partial charge in [-0.3, -0.25) is 15.0 Å². The first-order valence-electron chi connectivity index (χ1n) is 12.2. The summed E-state index contributed by atoms with van der Waals surface area (Å²) in [5, 5.41) is 10.5. The van der Waals surface area contributed by atoms with E-state index in [1.807, 2.05) is 42.5 Å². The third kappa shape index (κ3) is 4.94. The van der Waals surface area contributed by atoms with Gasteiger partial charge in [-0.1, -0.05) is 67.9 Å². The van der Waals surface area contributed by atoms with Crippen LogP contribution in [0.1, 0.15) is 42.9 Å². The number of methoxy groups -OCH3 is 1. The van der Waals surface area contributed by atoms with Crippen LogP contribution in [0.4, 0.5) is 0 Å². The predicted octanol–water partition coefficient (Wildman–Crippen LogP) is 1.94. The fourth-order valence-corrected chi connectivity index (χ4v) is 5.64. The maximum atomic E-state index is 13.9. The van der Waals surface area contributed by atoms with Crippen molar-refractivity contribution in [3.8, 4) is 0 Å². The van der Waals surface area contributed by atoms with Crippen LogP contribution in [0.5, 0.6) is 0 Å². The summed E-state index contributed by atoms with van der Waals surface area (Å²) in [4.78, 5) is 29.0. The molecule has 4 unspecified atom stereocenters. The van der Waals surface area contributed by atoms with Crippen molar-refractivity contribution in [2.75, 3.05) is 7.11 Å². The number of nitrogens with zero attached hydrogens (tertiary/aromatic N) is 1. The van der Waals surface area contributed by atoms with Gasteiger partial charge in [-0.2, -0.15) is 0 Å². The first-order chi connectivity index (χ1) is 16.8. The Labute approximate surface area is 206 Å². The standard InChI is InChI=1S/C27H35N5O3/c1-3-19-13-21(25(33)31-16-18-9-11-20(12-10-18)24(28)29)32-23(19)22(35-2)15-27(30,26(32)34)14-17-7-5-4-6-8-17/h4-12,19,21-23H,3,13-16,30H2,1-2H3,(H3,28,29)(H,31,33)/t19?,21?,22?,23?,27-/m0/s1. The summed E-state index contributed by atoms with van der Waals surface area (Å²) in [6.45, 7) is 2.41. The van der Waals surface area contributed by atoms with Crippen molar-refractivity contribution in [3.05, 3.63) is 71.3 Å². The molecule has 0 radical (unpaired) electrons. The van der Waals surface area contributed by atoms with E-state index in [0.717, 1.165) is 17.5 Å². The first-order valence-corrected chi connectivity index (χ1v) is 12.2. The SMILES string of the molecule is CCC1CC(C(=O)NCc2ccc(C(=N)N)cc2)N2C(=O)[C@](N)(Cc3ccccc3)CC(OC)C12. The molecule has 2 aliphatic rings. The van der Waals surface area contributed by atoms with Crippen LogP contribution in [0.25, 0.3) is 0 Å². The third-order valence-corrected chi connectivity index (χ3v) is 7.50. The van der Waals surface area contributed by atoms with Gasteiger partial charge in [0.2, 0.25) is 11.8 Å². The van der Waals surface area contributed by atoms with Crippen LogP contribution in [0.15, 0.2) is 54.6 Å². The van der Waals surface area contributed by atoms with E-state index in [1.165, 1.54) is 0 Å². The van der Waals surface area contributed by atoms with E-state index in [2.05, 4.69) is 12.2 Å². The number of nitrogens with one attached hydrogen (secondary N) is 2. The van der Waals surface area contributed by atoms with Crippen LogP contribution < -0.4 is 16.8 Å². The van der Waals surface area contributed by atoms with Crippen LogP contribution in [-0.4, -0.2) is 53.4 Å². The Morgan fingerprint density at radius 2 is 1.86 bits per heavy atom. The first kappa shape index (κ1) is 24.9. The number of piperidine rings is 1. The van der Waals surface area contributed by atoms with E-state index >= 15 is 0 Å². The molecule has 8 nitrogen and oxygen atoms in total. The predicted molar refractivity (Wildman–Crippen MR) is 135 cm³/mol. The molecule has 8 heteroatoms. The number of hydrogen-bond acceptors (Lipinski definition) is 5. The van der Waals surface area contributed by atoms with Crippen LogP contribution in [0, 0.1) is 11.3 Å². The molecule has 0 aromatic heterocycles. The maximum absolute atomic E-state index is 13.9. The fourth-order valence-electron chi connectivity index (χ4n) is 5.64. The van der Waals surface area contributed by atoms with Gasteiger partial charge in [0.05, 0.1) is 12.1 Å². The van der Waals surface area contributed by atoms with E-state index < -0.39 is 11.6 Å². The summed E-state index contributed by atoms with van der Waals surface area (Å²) in [6, 6.07) is 16.2. The normalized spacial score (nSPS) is 28.0. The van der Waals surface area contributed by atoms with Crippen molar-refractivity contribution in [2.24, 2.45) is 17.4 Å². The number of amidine groups is 1. The van der Waals surface area contributed by atoms with Crippen LogP contribution in [0.3, 0.4) is 0 Å². The second kappa shape index (κ2) is 10.2. The molecule has 5 atom stereocenters. The Balaban J connectivity index is 1.55. The summed E-state index contributed by atoms with van der Waals surface area (Å²) in [5.74, 6) is -0.202. The molecular formula is C27H35N5O3. The summed E-state index contributed by atoms with van der Waals surface area (Å²) < 4.78 is 5.87. The van der Waals surface area contributed by atoms with Gasteiger partial charge < -0.3 is 26.4 Å². The number of carbonyl (C=O) groups excluding carboxylic acids is 2. The molecule has 35 heavy (non-hydrogen) atoms. The van der Waals surface area contributed by atoms with E-state index in [1.54, 1.807) is 24.1 Å². The fraction of sp³-hybridized carbons (Fsp3) is 0.444. The lowest BCUT2D eigenvalue weighted by atomic mass is 9.77. The number of hydrogen-bond donors (Lipinski definition) is 4. The van der Waals surface area contributed by atoms with Gasteiger partial charge in [0.15, 0.2) is 0 Å². The summed E-state index contributed by atoms with van der Waals surface area (Å²) in [6.07, 6.45) is 2.02. The number of benzene rings is 2. The monoisotopic (exact) mass is 477 g/mol. The summed E-state index contributed by atoms with van der Waals surface area (Å²) in [7, 11) is 1.66. The van der Waals surface area contributed by atoms with Crippen LogP contribution >= 0.6 is 0 Å². The summed E-state index contributed by atoms with van der Waals surface area (Å²) in [5.41, 5.74) is 13.7. The maximum Gasteiger partial charge on any atom is 0.244 e. The highest BCUT2D eigenvalue weighted by Gasteiger charge is 2.58. The zero-order valence-corrected chi connectivity index (χ0v) is 20.4. The number of fused-ring (bicyclic) bond motifs is 1. The van der Waals surface area contributed by atoms with Crippen LogP contribution in [0.2, 0.25) is 0 Å². The van der Waals surface area contributed by atoms with Crippen molar-refractivity contribution in [1.29, 1.82) is 5.41 Å². The van der Waals surface area contributed by atoms with Gasteiger partial charge in [-0.15, -0.1) is 0 Å². The van der Waals surface area contributed by atoms with Gasteiger partial charge in [0.1, 0.15) is 17.4 Å². The topological polar surface area (TPSA) is 135 Å². The molecule has 0 aliphatic carbocycles. The van der Waals surface area contributed by atoms with E-state index in [-0.39, 0.29) is 35.7 Å². The van der Waals surface area contributed by atoms with Crippen LogP contribution in [-0.2, 0) is 27.3 Å². The van der Waals surface area contributed by atoms with Crippen molar-refractivity contribution in [3.63, 3.8) is 0 Å². The Hall–Kier alpha value is -3.23. The molecule has 2 heterocycles. The van der Waals surface area contributed by atoms with Crippen molar-refractivity contribution < 1.29 is 14.3 Å². The van der Waals surface area contributed by atoms with E-state index in [0.29, 0.717) is 31.4 Å². The minimum atomic E-state index is -1.14. The zero-order valence-electron chi connectivity index (χ0n) is 20.4. The molecule has 0 bridgehead atoms. The van der Waals surface area contributed by atoms with Gasteiger partial charge >= 0.3 is 0 Å². The second-order valence-electron chi connectivity index (χ2n) is 9.75. The smallest absolute Gasteiger partial charge is 0.244 e. The number of rotatable bonds is 8. The van der Waals surface area contributed by atoms with Gasteiger partial charge in [-0.25, -0.2) is 0 Å². The molecule has 2 fully saturated rings. The number of amides is 2. The van der Waals surface area contributed by atoms with E-state index in [4.69, 9.17) is 21.6 Å². The molecular weight excluding hydrogens is 442 g/mol. The lowest BCUT2D eigenvalue weighted by Gasteiger charge is -2.47.